The van der Waals surface area contributed by atoms with Crippen molar-refractivity contribution in [1.29, 1.82) is 0 Å². The second-order valence-corrected chi connectivity index (χ2v) is 4.40. The summed E-state index contributed by atoms with van der Waals surface area (Å²) in [5.41, 5.74) is 2.53. The van der Waals surface area contributed by atoms with E-state index in [0.29, 0.717) is 0 Å². The molecular weight excluding hydrogens is 236 g/mol. The maximum Gasteiger partial charge on any atom is 0.309 e. The van der Waals surface area contributed by atoms with Gasteiger partial charge in [0, 0.05) is 5.56 Å². The largest absolute Gasteiger partial charge is 0.507 e. The van der Waals surface area contributed by atoms with E-state index in [1.54, 1.807) is 23.5 Å². The van der Waals surface area contributed by atoms with Gasteiger partial charge in [-0.1, -0.05) is 6.07 Å². The topological polar surface area (TPSA) is 46.5 Å². The van der Waals surface area contributed by atoms with Crippen LogP contribution in [0, 0.1) is 0 Å². The molecule has 0 aliphatic carbocycles. The molecule has 0 aliphatic rings. The van der Waals surface area contributed by atoms with Gasteiger partial charge in [0.2, 0.25) is 0 Å². The molecule has 1 heterocycles. The number of thiophene rings is 1. The third-order valence-corrected chi connectivity index (χ3v) is 3.15. The van der Waals surface area contributed by atoms with Crippen molar-refractivity contribution in [2.24, 2.45) is 0 Å². The number of hydrogen-bond acceptors (Lipinski definition) is 4. The van der Waals surface area contributed by atoms with E-state index in [2.05, 4.69) is 4.74 Å². The molecule has 2 rings (SSSR count). The average Bonchev–Trinajstić information content (AvgIpc) is 2.85. The van der Waals surface area contributed by atoms with Crippen LogP contribution in [0.15, 0.2) is 35.0 Å². The van der Waals surface area contributed by atoms with E-state index < -0.39 is 0 Å². The summed E-state index contributed by atoms with van der Waals surface area (Å²) in [5, 5.41) is 13.7. The zero-order valence-electron chi connectivity index (χ0n) is 9.34. The van der Waals surface area contributed by atoms with E-state index in [4.69, 9.17) is 0 Å². The molecule has 0 saturated carbocycles. The molecule has 0 spiro atoms. The maximum absolute atomic E-state index is 11.2. The Morgan fingerprint density at radius 2 is 2.24 bits per heavy atom. The number of carbonyl (C=O) groups is 1. The van der Waals surface area contributed by atoms with Gasteiger partial charge in [0.05, 0.1) is 13.5 Å². The van der Waals surface area contributed by atoms with Crippen molar-refractivity contribution in [3.63, 3.8) is 0 Å². The Hall–Kier alpha value is -1.81. The van der Waals surface area contributed by atoms with Crippen LogP contribution in [-0.2, 0) is 16.0 Å². The molecule has 1 N–H and O–H groups in total. The fraction of sp³-hybridized carbons (Fsp3) is 0.154. The van der Waals surface area contributed by atoms with Gasteiger partial charge in [-0.3, -0.25) is 4.79 Å². The molecule has 17 heavy (non-hydrogen) atoms. The van der Waals surface area contributed by atoms with Crippen molar-refractivity contribution in [1.82, 2.24) is 0 Å². The highest BCUT2D eigenvalue weighted by Crippen LogP contribution is 2.31. The Bertz CT molecular complexity index is 517. The highest BCUT2D eigenvalue weighted by Gasteiger charge is 2.08. The summed E-state index contributed by atoms with van der Waals surface area (Å²) in [6.07, 6.45) is 0.216. The minimum absolute atomic E-state index is 0.216. The van der Waals surface area contributed by atoms with Crippen molar-refractivity contribution < 1.29 is 14.6 Å². The van der Waals surface area contributed by atoms with Crippen LogP contribution in [0.4, 0.5) is 0 Å². The Kier molecular flexibility index (Phi) is 3.44. The van der Waals surface area contributed by atoms with Crippen molar-refractivity contribution in [3.05, 3.63) is 40.6 Å². The van der Waals surface area contributed by atoms with Crippen LogP contribution in [0.25, 0.3) is 11.1 Å². The second-order valence-electron chi connectivity index (χ2n) is 3.62. The fourth-order valence-corrected chi connectivity index (χ4v) is 2.24. The summed E-state index contributed by atoms with van der Waals surface area (Å²) in [5.74, 6) is -0.0658. The lowest BCUT2D eigenvalue weighted by Gasteiger charge is -2.06. The van der Waals surface area contributed by atoms with Gasteiger partial charge in [-0.25, -0.2) is 0 Å². The highest BCUT2D eigenvalue weighted by molar-refractivity contribution is 7.08. The van der Waals surface area contributed by atoms with Crippen LogP contribution in [-0.4, -0.2) is 18.2 Å². The molecule has 0 unspecified atom stereocenters. The van der Waals surface area contributed by atoms with Crippen molar-refractivity contribution in [2.45, 2.75) is 6.42 Å². The Morgan fingerprint density at radius 3 is 2.88 bits per heavy atom. The van der Waals surface area contributed by atoms with Gasteiger partial charge >= 0.3 is 5.97 Å². The molecule has 0 radical (unpaired) electrons. The van der Waals surface area contributed by atoms with E-state index in [9.17, 15) is 9.90 Å². The standard InChI is InChI=1S/C13H12O3S/c1-16-13(15)7-9-2-3-12(14)11(6-9)10-4-5-17-8-10/h2-6,8,14H,7H2,1H3. The van der Waals surface area contributed by atoms with Crippen molar-refractivity contribution in [2.75, 3.05) is 7.11 Å². The van der Waals surface area contributed by atoms with Crippen molar-refractivity contribution >= 4 is 17.3 Å². The number of rotatable bonds is 3. The van der Waals surface area contributed by atoms with Gasteiger partial charge in [0.15, 0.2) is 0 Å². The zero-order chi connectivity index (χ0) is 12.3. The molecule has 4 heteroatoms. The van der Waals surface area contributed by atoms with Crippen LogP contribution in [0.3, 0.4) is 0 Å². The summed E-state index contributed by atoms with van der Waals surface area (Å²) in [6.45, 7) is 0. The molecule has 1 aromatic heterocycles. The van der Waals surface area contributed by atoms with Crippen LogP contribution in [0.2, 0.25) is 0 Å². The Labute approximate surface area is 103 Å². The molecule has 0 bridgehead atoms. The molecule has 3 nitrogen and oxygen atoms in total. The minimum Gasteiger partial charge on any atom is -0.507 e. The molecule has 0 aliphatic heterocycles. The normalized spacial score (nSPS) is 10.2. The number of aromatic hydroxyl groups is 1. The highest BCUT2D eigenvalue weighted by atomic mass is 32.1. The van der Waals surface area contributed by atoms with Crippen LogP contribution >= 0.6 is 11.3 Å². The lowest BCUT2D eigenvalue weighted by Crippen LogP contribution is -2.04. The van der Waals surface area contributed by atoms with Crippen LogP contribution in [0.5, 0.6) is 5.75 Å². The summed E-state index contributed by atoms with van der Waals surface area (Å²) in [6, 6.07) is 7.07. The lowest BCUT2D eigenvalue weighted by atomic mass is 10.0. The number of methoxy groups -OCH3 is 1. The number of phenolic OH excluding ortho intramolecular Hbond substituents is 1. The van der Waals surface area contributed by atoms with Gasteiger partial charge < -0.3 is 9.84 Å². The second kappa shape index (κ2) is 5.01. The van der Waals surface area contributed by atoms with Crippen molar-refractivity contribution in [3.8, 4) is 16.9 Å². The quantitative estimate of drug-likeness (QED) is 0.850. The van der Waals surface area contributed by atoms with E-state index >= 15 is 0 Å². The smallest absolute Gasteiger partial charge is 0.309 e. The molecule has 0 fully saturated rings. The third kappa shape index (κ3) is 2.65. The molecule has 0 amide bonds. The molecular formula is C13H12O3S. The summed E-state index contributed by atoms with van der Waals surface area (Å²) in [4.78, 5) is 11.2. The Balaban J connectivity index is 2.33. The van der Waals surface area contributed by atoms with E-state index in [-0.39, 0.29) is 18.1 Å². The first-order valence-corrected chi connectivity index (χ1v) is 6.06. The van der Waals surface area contributed by atoms with Crippen LogP contribution < -0.4 is 0 Å². The van der Waals surface area contributed by atoms with Crippen LogP contribution in [0.1, 0.15) is 5.56 Å². The van der Waals surface area contributed by atoms with Gasteiger partial charge in [-0.05, 0) is 40.1 Å². The molecule has 2 aromatic rings. The summed E-state index contributed by atoms with van der Waals surface area (Å²) >= 11 is 1.56. The predicted octanol–water partition coefficient (Wildman–Crippen LogP) is 2.84. The summed E-state index contributed by atoms with van der Waals surface area (Å²) < 4.78 is 4.62. The number of ether oxygens (including phenoxy) is 1. The zero-order valence-corrected chi connectivity index (χ0v) is 10.2. The molecule has 0 saturated heterocycles. The SMILES string of the molecule is COC(=O)Cc1ccc(O)c(-c2ccsc2)c1. The first-order chi connectivity index (χ1) is 8.20. The van der Waals surface area contributed by atoms with E-state index in [1.165, 1.54) is 7.11 Å². The first kappa shape index (κ1) is 11.7. The van der Waals surface area contributed by atoms with E-state index in [0.717, 1.165) is 16.7 Å². The predicted molar refractivity (Wildman–Crippen MR) is 67.1 cm³/mol. The maximum atomic E-state index is 11.2. The van der Waals surface area contributed by atoms with E-state index in [1.807, 2.05) is 22.9 Å². The van der Waals surface area contributed by atoms with Gasteiger partial charge in [0.1, 0.15) is 5.75 Å². The first-order valence-electron chi connectivity index (χ1n) is 5.12. The van der Waals surface area contributed by atoms with Gasteiger partial charge in [-0.15, -0.1) is 0 Å². The lowest BCUT2D eigenvalue weighted by molar-refractivity contribution is -0.139. The number of hydrogen-bond donors (Lipinski definition) is 1. The van der Waals surface area contributed by atoms with Gasteiger partial charge in [-0.2, -0.15) is 11.3 Å². The molecule has 88 valence electrons. The summed E-state index contributed by atoms with van der Waals surface area (Å²) in [7, 11) is 1.36. The number of phenols is 1. The number of benzene rings is 1. The number of carbonyl (C=O) groups excluding carboxylic acids is 1. The average molecular weight is 248 g/mol. The minimum atomic E-state index is -0.285. The monoisotopic (exact) mass is 248 g/mol. The van der Waals surface area contributed by atoms with Gasteiger partial charge in [0.25, 0.3) is 0 Å². The number of esters is 1. The fourth-order valence-electron chi connectivity index (χ4n) is 1.58. The molecule has 0 atom stereocenters. The Morgan fingerprint density at radius 1 is 1.41 bits per heavy atom. The third-order valence-electron chi connectivity index (χ3n) is 2.47. The molecule has 1 aromatic carbocycles.